The van der Waals surface area contributed by atoms with Crippen molar-refractivity contribution in [1.82, 2.24) is 0 Å². The zero-order valence-electron chi connectivity index (χ0n) is 8.99. The van der Waals surface area contributed by atoms with Crippen LogP contribution in [0.5, 0.6) is 5.75 Å². The fourth-order valence-corrected chi connectivity index (χ4v) is 2.36. The number of rotatable bonds is 2. The molecule has 1 aromatic rings. The molecule has 1 aromatic carbocycles. The summed E-state index contributed by atoms with van der Waals surface area (Å²) >= 11 is 0. The molecule has 0 bridgehead atoms. The van der Waals surface area contributed by atoms with E-state index in [1.807, 2.05) is 12.1 Å². The molecule has 0 amide bonds. The molecule has 2 fully saturated rings. The summed E-state index contributed by atoms with van der Waals surface area (Å²) in [6.45, 7) is 2.41. The van der Waals surface area contributed by atoms with Crippen LogP contribution in [0.25, 0.3) is 0 Å². The number of hydrogen-bond donors (Lipinski definition) is 1. The van der Waals surface area contributed by atoms with Gasteiger partial charge in [-0.3, -0.25) is 0 Å². The molecule has 3 heteroatoms. The monoisotopic (exact) mass is 204 g/mol. The number of nitrogen functional groups attached to an aromatic ring is 1. The van der Waals surface area contributed by atoms with Crippen LogP contribution in [0.3, 0.4) is 0 Å². The molecule has 0 aromatic heterocycles. The van der Waals surface area contributed by atoms with Gasteiger partial charge in [0.25, 0.3) is 0 Å². The van der Waals surface area contributed by atoms with E-state index in [0.29, 0.717) is 5.41 Å². The molecular formula is C12H16N2O. The number of ether oxygens (including phenoxy) is 1. The van der Waals surface area contributed by atoms with Gasteiger partial charge >= 0.3 is 0 Å². The van der Waals surface area contributed by atoms with E-state index in [2.05, 4.69) is 11.0 Å². The molecule has 1 aliphatic carbocycles. The second-order valence-corrected chi connectivity index (χ2v) is 4.78. The van der Waals surface area contributed by atoms with E-state index in [9.17, 15) is 0 Å². The topological polar surface area (TPSA) is 38.5 Å². The summed E-state index contributed by atoms with van der Waals surface area (Å²) in [4.78, 5) is 2.39. The highest BCUT2D eigenvalue weighted by Crippen LogP contribution is 2.54. The maximum Gasteiger partial charge on any atom is 0.141 e. The highest BCUT2D eigenvalue weighted by molar-refractivity contribution is 5.64. The molecule has 1 saturated heterocycles. The van der Waals surface area contributed by atoms with Gasteiger partial charge in [-0.25, -0.2) is 0 Å². The van der Waals surface area contributed by atoms with Crippen LogP contribution in [0.2, 0.25) is 0 Å². The highest BCUT2D eigenvalue weighted by Gasteiger charge is 2.52. The van der Waals surface area contributed by atoms with Crippen LogP contribution < -0.4 is 15.4 Å². The van der Waals surface area contributed by atoms with Crippen LogP contribution in [-0.2, 0) is 0 Å². The molecule has 2 N–H and O–H groups in total. The lowest BCUT2D eigenvalue weighted by molar-refractivity contribution is 0.387. The molecule has 2 aliphatic rings. The lowest BCUT2D eigenvalue weighted by atomic mass is 9.96. The third-order valence-corrected chi connectivity index (χ3v) is 3.59. The van der Waals surface area contributed by atoms with E-state index in [4.69, 9.17) is 10.5 Å². The van der Waals surface area contributed by atoms with Gasteiger partial charge in [0.1, 0.15) is 5.75 Å². The number of hydrogen-bond acceptors (Lipinski definition) is 3. The summed E-state index contributed by atoms with van der Waals surface area (Å²) in [6, 6.07) is 6.04. The first-order valence-electron chi connectivity index (χ1n) is 5.41. The third-order valence-electron chi connectivity index (χ3n) is 3.59. The quantitative estimate of drug-likeness (QED) is 0.747. The van der Waals surface area contributed by atoms with E-state index in [0.717, 1.165) is 11.4 Å². The van der Waals surface area contributed by atoms with Crippen molar-refractivity contribution in [3.63, 3.8) is 0 Å². The number of benzene rings is 1. The molecule has 1 heterocycles. The minimum Gasteiger partial charge on any atom is -0.495 e. The second-order valence-electron chi connectivity index (χ2n) is 4.78. The lowest BCUT2D eigenvalue weighted by Crippen LogP contribution is -2.48. The Hall–Kier alpha value is -1.38. The third kappa shape index (κ3) is 1.34. The predicted molar refractivity (Wildman–Crippen MR) is 61.3 cm³/mol. The molecule has 1 aliphatic heterocycles. The fourth-order valence-electron chi connectivity index (χ4n) is 2.36. The van der Waals surface area contributed by atoms with Gasteiger partial charge in [-0.05, 0) is 31.0 Å². The Morgan fingerprint density at radius 3 is 2.60 bits per heavy atom. The van der Waals surface area contributed by atoms with Crippen LogP contribution in [-0.4, -0.2) is 20.2 Å². The first-order valence-corrected chi connectivity index (χ1v) is 5.41. The van der Waals surface area contributed by atoms with Crippen molar-refractivity contribution >= 4 is 11.4 Å². The summed E-state index contributed by atoms with van der Waals surface area (Å²) in [6.07, 6.45) is 2.82. The van der Waals surface area contributed by atoms with E-state index < -0.39 is 0 Å². The average molecular weight is 204 g/mol. The number of nitrogens with two attached hydrogens (primary N) is 1. The molecule has 3 nitrogen and oxygen atoms in total. The van der Waals surface area contributed by atoms with Crippen LogP contribution in [0.15, 0.2) is 18.2 Å². The number of anilines is 2. The molecule has 0 unspecified atom stereocenters. The lowest BCUT2D eigenvalue weighted by Gasteiger charge is -2.42. The van der Waals surface area contributed by atoms with Crippen molar-refractivity contribution in [2.45, 2.75) is 12.8 Å². The summed E-state index contributed by atoms with van der Waals surface area (Å²) in [5, 5.41) is 0. The average Bonchev–Trinajstić information content (AvgIpc) is 2.95. The van der Waals surface area contributed by atoms with Gasteiger partial charge in [0, 0.05) is 24.2 Å². The maximum atomic E-state index is 5.88. The van der Waals surface area contributed by atoms with Crippen LogP contribution >= 0.6 is 0 Å². The molecule has 3 rings (SSSR count). The Morgan fingerprint density at radius 2 is 2.07 bits per heavy atom. The van der Waals surface area contributed by atoms with Crippen LogP contribution in [0.1, 0.15) is 12.8 Å². The summed E-state index contributed by atoms with van der Waals surface area (Å²) < 4.78 is 5.14. The Bertz CT molecular complexity index is 391. The summed E-state index contributed by atoms with van der Waals surface area (Å²) in [7, 11) is 1.65. The Labute approximate surface area is 89.8 Å². The molecule has 80 valence electrons. The van der Waals surface area contributed by atoms with Gasteiger partial charge in [0.2, 0.25) is 0 Å². The minimum atomic E-state index is 0.689. The zero-order chi connectivity index (χ0) is 10.5. The van der Waals surface area contributed by atoms with Gasteiger partial charge in [-0.2, -0.15) is 0 Å². The SMILES string of the molecule is COc1ccc(N2CC3(CC3)C2)cc1N. The van der Waals surface area contributed by atoms with Crippen molar-refractivity contribution in [2.75, 3.05) is 30.8 Å². The smallest absolute Gasteiger partial charge is 0.141 e. The minimum absolute atomic E-state index is 0.689. The largest absolute Gasteiger partial charge is 0.495 e. The molecule has 0 atom stereocenters. The molecule has 1 spiro atoms. The van der Waals surface area contributed by atoms with Crippen molar-refractivity contribution in [3.8, 4) is 5.75 Å². The van der Waals surface area contributed by atoms with Gasteiger partial charge in [-0.15, -0.1) is 0 Å². The second kappa shape index (κ2) is 2.81. The van der Waals surface area contributed by atoms with E-state index in [1.54, 1.807) is 7.11 Å². The van der Waals surface area contributed by atoms with Crippen LogP contribution in [0, 0.1) is 5.41 Å². The van der Waals surface area contributed by atoms with Crippen molar-refractivity contribution in [3.05, 3.63) is 18.2 Å². The Morgan fingerprint density at radius 1 is 1.33 bits per heavy atom. The first-order chi connectivity index (χ1) is 7.22. The maximum absolute atomic E-state index is 5.88. The summed E-state index contributed by atoms with van der Waals surface area (Å²) in [5.74, 6) is 0.764. The van der Waals surface area contributed by atoms with Gasteiger partial charge in [-0.1, -0.05) is 0 Å². The van der Waals surface area contributed by atoms with E-state index >= 15 is 0 Å². The standard InChI is InChI=1S/C12H16N2O/c1-15-11-3-2-9(6-10(11)13)14-7-12(8-14)4-5-12/h2-3,6H,4-5,7-8,13H2,1H3. The predicted octanol–water partition coefficient (Wildman–Crippen LogP) is 1.88. The summed E-state index contributed by atoms with van der Waals surface area (Å²) in [5.41, 5.74) is 8.53. The van der Waals surface area contributed by atoms with Crippen molar-refractivity contribution in [1.29, 1.82) is 0 Å². The molecule has 0 radical (unpaired) electrons. The van der Waals surface area contributed by atoms with Crippen LogP contribution in [0.4, 0.5) is 11.4 Å². The molecule has 1 saturated carbocycles. The van der Waals surface area contributed by atoms with Crippen molar-refractivity contribution in [2.24, 2.45) is 5.41 Å². The molecular weight excluding hydrogens is 188 g/mol. The van der Waals surface area contributed by atoms with Crippen molar-refractivity contribution < 1.29 is 4.74 Å². The van der Waals surface area contributed by atoms with Gasteiger partial charge in [0.05, 0.1) is 12.8 Å². The Balaban J connectivity index is 1.78. The van der Waals surface area contributed by atoms with E-state index in [-0.39, 0.29) is 0 Å². The first kappa shape index (κ1) is 8.89. The number of nitrogens with zero attached hydrogens (tertiary/aromatic N) is 1. The normalized spacial score (nSPS) is 21.3. The highest BCUT2D eigenvalue weighted by atomic mass is 16.5. The van der Waals surface area contributed by atoms with Gasteiger partial charge in [0.15, 0.2) is 0 Å². The van der Waals surface area contributed by atoms with Gasteiger partial charge < -0.3 is 15.4 Å². The number of methoxy groups -OCH3 is 1. The molecule has 15 heavy (non-hydrogen) atoms. The zero-order valence-corrected chi connectivity index (χ0v) is 8.99. The van der Waals surface area contributed by atoms with E-state index in [1.165, 1.54) is 31.6 Å². The fraction of sp³-hybridized carbons (Fsp3) is 0.500. The Kier molecular flexibility index (Phi) is 1.67.